The Morgan fingerprint density at radius 3 is 2.31 bits per heavy atom. The fraction of sp³-hybridized carbons (Fsp3) is 0.182. The maximum Gasteiger partial charge on any atom is 0.129 e. The first kappa shape index (κ1) is 23.8. The summed E-state index contributed by atoms with van der Waals surface area (Å²) in [6.45, 7) is 1.45. The minimum Gasteiger partial charge on any atom is -0.488 e. The first-order valence-electron chi connectivity index (χ1n) is 8.82. The molecule has 0 aliphatic rings. The van der Waals surface area contributed by atoms with Gasteiger partial charge in [-0.2, -0.15) is 0 Å². The topological polar surface area (TPSA) is 21.3 Å². The van der Waals surface area contributed by atoms with Crippen molar-refractivity contribution >= 4 is 47.2 Å². The van der Waals surface area contributed by atoms with Crippen LogP contribution in [0, 0.1) is 5.82 Å². The van der Waals surface area contributed by atoms with E-state index in [0.29, 0.717) is 32.9 Å². The Morgan fingerprint density at radius 2 is 1.55 bits per heavy atom. The van der Waals surface area contributed by atoms with Crippen LogP contribution < -0.4 is 10.1 Å². The van der Waals surface area contributed by atoms with Gasteiger partial charge >= 0.3 is 0 Å². The molecule has 0 unspecified atom stereocenters. The van der Waals surface area contributed by atoms with Crippen LogP contribution in [0.1, 0.15) is 16.7 Å². The average Bonchev–Trinajstić information content (AvgIpc) is 2.67. The monoisotopic (exact) mass is 473 g/mol. The maximum atomic E-state index is 13.8. The Labute approximate surface area is 191 Å². The lowest BCUT2D eigenvalue weighted by Crippen LogP contribution is -2.17. The lowest BCUT2D eigenvalue weighted by Gasteiger charge is -2.13. The van der Waals surface area contributed by atoms with Crippen LogP contribution in [0.2, 0.25) is 15.1 Å². The number of hydrogen-bond acceptors (Lipinski definition) is 2. The van der Waals surface area contributed by atoms with E-state index in [1.807, 2.05) is 18.2 Å². The molecule has 0 amide bonds. The summed E-state index contributed by atoms with van der Waals surface area (Å²) in [6, 6.07) is 17.5. The molecule has 3 aromatic carbocycles. The van der Waals surface area contributed by atoms with Gasteiger partial charge in [-0.05, 0) is 54.9 Å². The summed E-state index contributed by atoms with van der Waals surface area (Å²) in [7, 11) is 0. The van der Waals surface area contributed by atoms with Crippen molar-refractivity contribution in [2.75, 3.05) is 6.54 Å². The van der Waals surface area contributed by atoms with E-state index in [1.54, 1.807) is 36.4 Å². The average molecular weight is 475 g/mol. The molecule has 3 aromatic rings. The van der Waals surface area contributed by atoms with Gasteiger partial charge in [0.15, 0.2) is 0 Å². The summed E-state index contributed by atoms with van der Waals surface area (Å²) in [6.07, 6.45) is 0.766. The molecule has 0 radical (unpaired) electrons. The minimum atomic E-state index is -0.281. The third-order valence-electron chi connectivity index (χ3n) is 4.27. The van der Waals surface area contributed by atoms with Gasteiger partial charge in [0.25, 0.3) is 0 Å². The van der Waals surface area contributed by atoms with Gasteiger partial charge in [-0.3, -0.25) is 0 Å². The second-order valence-corrected chi connectivity index (χ2v) is 7.57. The quantitative estimate of drug-likeness (QED) is 0.351. The minimum absolute atomic E-state index is 0. The van der Waals surface area contributed by atoms with Crippen LogP contribution in [0.3, 0.4) is 0 Å². The first-order valence-corrected chi connectivity index (χ1v) is 9.95. The lowest BCUT2D eigenvalue weighted by molar-refractivity contribution is 0.296. The molecule has 0 saturated carbocycles. The van der Waals surface area contributed by atoms with E-state index in [-0.39, 0.29) is 24.8 Å². The smallest absolute Gasteiger partial charge is 0.129 e. The summed E-state index contributed by atoms with van der Waals surface area (Å²) in [5, 5.41) is 5.27. The zero-order chi connectivity index (χ0) is 19.9. The number of hydrogen-bond donors (Lipinski definition) is 1. The van der Waals surface area contributed by atoms with Crippen LogP contribution in [0.25, 0.3) is 0 Å². The molecule has 7 heteroatoms. The van der Waals surface area contributed by atoms with E-state index in [1.165, 1.54) is 6.07 Å². The Morgan fingerprint density at radius 1 is 0.828 bits per heavy atom. The Balaban J connectivity index is 0.00000300. The molecule has 29 heavy (non-hydrogen) atoms. The molecule has 0 aromatic heterocycles. The lowest BCUT2D eigenvalue weighted by atomic mass is 10.1. The highest BCUT2D eigenvalue weighted by Crippen LogP contribution is 2.25. The summed E-state index contributed by atoms with van der Waals surface area (Å²) in [5.74, 6) is 0.390. The van der Waals surface area contributed by atoms with Gasteiger partial charge in [-0.25, -0.2) is 4.39 Å². The summed E-state index contributed by atoms with van der Waals surface area (Å²) in [5.41, 5.74) is 2.44. The van der Waals surface area contributed by atoms with Crippen molar-refractivity contribution in [3.63, 3.8) is 0 Å². The molecule has 154 valence electrons. The zero-order valence-electron chi connectivity index (χ0n) is 15.4. The molecule has 0 heterocycles. The predicted molar refractivity (Wildman–Crippen MR) is 121 cm³/mol. The standard InChI is InChI=1S/C22H19Cl3FNO.ClH/c23-18-7-8-22(28-14-16-3-1-2-4-21(16)26)17(11-18)13-27-10-9-15-5-6-19(24)12-20(15)25;/h1-8,11-12,27H,9-10,13-14H2;1H. The van der Waals surface area contributed by atoms with Crippen molar-refractivity contribution in [1.29, 1.82) is 0 Å². The van der Waals surface area contributed by atoms with Gasteiger partial charge in [-0.15, -0.1) is 12.4 Å². The van der Waals surface area contributed by atoms with Crippen molar-refractivity contribution in [2.24, 2.45) is 0 Å². The Kier molecular flexibility index (Phi) is 9.54. The molecule has 0 spiro atoms. The van der Waals surface area contributed by atoms with Crippen molar-refractivity contribution in [1.82, 2.24) is 5.32 Å². The predicted octanol–water partition coefficient (Wildman–Crippen LogP) is 7.12. The summed E-state index contributed by atoms with van der Waals surface area (Å²) < 4.78 is 19.6. The Bertz CT molecular complexity index is 952. The molecule has 0 fully saturated rings. The maximum absolute atomic E-state index is 13.8. The number of benzene rings is 3. The van der Waals surface area contributed by atoms with Crippen LogP contribution in [0.4, 0.5) is 4.39 Å². The van der Waals surface area contributed by atoms with Crippen molar-refractivity contribution in [3.05, 3.63) is 98.2 Å². The molecule has 0 atom stereocenters. The zero-order valence-corrected chi connectivity index (χ0v) is 18.5. The van der Waals surface area contributed by atoms with Gasteiger partial charge in [-0.1, -0.05) is 59.1 Å². The van der Waals surface area contributed by atoms with Crippen LogP contribution in [0.5, 0.6) is 5.75 Å². The van der Waals surface area contributed by atoms with Crippen LogP contribution in [-0.2, 0) is 19.6 Å². The molecule has 1 N–H and O–H groups in total. The number of halogens is 5. The molecular weight excluding hydrogens is 455 g/mol. The van der Waals surface area contributed by atoms with E-state index in [0.717, 1.165) is 24.1 Å². The SMILES string of the molecule is Cl.Fc1ccccc1COc1ccc(Cl)cc1CNCCc1ccc(Cl)cc1Cl. The van der Waals surface area contributed by atoms with E-state index in [2.05, 4.69) is 5.32 Å². The summed E-state index contributed by atoms with van der Waals surface area (Å²) >= 11 is 18.3. The van der Waals surface area contributed by atoms with E-state index < -0.39 is 0 Å². The normalized spacial score (nSPS) is 10.5. The van der Waals surface area contributed by atoms with Gasteiger partial charge < -0.3 is 10.1 Å². The molecular formula is C22H20Cl4FNO. The largest absolute Gasteiger partial charge is 0.488 e. The molecule has 0 saturated heterocycles. The molecule has 0 bridgehead atoms. The third kappa shape index (κ3) is 7.06. The summed E-state index contributed by atoms with van der Waals surface area (Å²) in [4.78, 5) is 0. The van der Waals surface area contributed by atoms with Crippen LogP contribution in [-0.4, -0.2) is 6.54 Å². The fourth-order valence-electron chi connectivity index (χ4n) is 2.77. The Hall–Kier alpha value is -1.49. The highest BCUT2D eigenvalue weighted by molar-refractivity contribution is 6.35. The van der Waals surface area contributed by atoms with E-state index in [4.69, 9.17) is 39.5 Å². The number of nitrogens with one attached hydrogen (secondary N) is 1. The highest BCUT2D eigenvalue weighted by Gasteiger charge is 2.08. The third-order valence-corrected chi connectivity index (χ3v) is 5.09. The van der Waals surface area contributed by atoms with Crippen LogP contribution in [0.15, 0.2) is 60.7 Å². The van der Waals surface area contributed by atoms with Crippen molar-refractivity contribution in [3.8, 4) is 5.75 Å². The van der Waals surface area contributed by atoms with Gasteiger partial charge in [0.1, 0.15) is 18.2 Å². The number of ether oxygens (including phenoxy) is 1. The molecule has 0 aliphatic heterocycles. The molecule has 0 aliphatic carbocycles. The number of rotatable bonds is 8. The van der Waals surface area contributed by atoms with Gasteiger partial charge in [0.05, 0.1) is 0 Å². The second kappa shape index (κ2) is 11.6. The second-order valence-electron chi connectivity index (χ2n) is 6.29. The van der Waals surface area contributed by atoms with Crippen LogP contribution >= 0.6 is 47.2 Å². The molecule has 2 nitrogen and oxygen atoms in total. The highest BCUT2D eigenvalue weighted by atomic mass is 35.5. The van der Waals surface area contributed by atoms with E-state index in [9.17, 15) is 4.39 Å². The first-order chi connectivity index (χ1) is 13.5. The van der Waals surface area contributed by atoms with E-state index >= 15 is 0 Å². The van der Waals surface area contributed by atoms with Crippen molar-refractivity contribution < 1.29 is 9.13 Å². The fourth-order valence-corrected chi connectivity index (χ4v) is 3.47. The van der Waals surface area contributed by atoms with Gasteiger partial charge in [0, 0.05) is 32.7 Å². The molecule has 3 rings (SSSR count). The van der Waals surface area contributed by atoms with Crippen molar-refractivity contribution in [2.45, 2.75) is 19.6 Å². The van der Waals surface area contributed by atoms with Gasteiger partial charge in [0.2, 0.25) is 0 Å².